The molecule has 2 atom stereocenters. The van der Waals surface area contributed by atoms with Crippen LogP contribution < -0.4 is 11.1 Å². The first-order chi connectivity index (χ1) is 15.7. The topological polar surface area (TPSA) is 255 Å². The van der Waals surface area contributed by atoms with E-state index < -0.39 is 30.1 Å². The fourth-order valence-electron chi connectivity index (χ4n) is 2.17. The molecule has 20 heteroatoms. The number of ether oxygens (including phenoxy) is 1. The zero-order valence-electron chi connectivity index (χ0n) is 17.0. The van der Waals surface area contributed by atoms with E-state index in [0.29, 0.717) is 10.9 Å². The highest BCUT2D eigenvalue weighted by molar-refractivity contribution is 7.66. The molecular weight excluding hydrogens is 523 g/mol. The van der Waals surface area contributed by atoms with Crippen LogP contribution in [0.2, 0.25) is 0 Å². The Bertz CT molecular complexity index is 1250. The van der Waals surface area contributed by atoms with Gasteiger partial charge in [0.15, 0.2) is 6.73 Å². The highest BCUT2D eigenvalue weighted by Crippen LogP contribution is 2.66. The molecule has 186 valence electrons. The molecule has 2 aromatic heterocycles. The lowest BCUT2D eigenvalue weighted by atomic mass is 10.2. The highest BCUT2D eigenvalue weighted by atomic mass is 31.3. The number of nitrogens with two attached hydrogens (primary N) is 1. The Morgan fingerprint density at radius 2 is 1.91 bits per heavy atom. The van der Waals surface area contributed by atoms with Crippen LogP contribution in [-0.4, -0.2) is 53.2 Å². The van der Waals surface area contributed by atoms with Gasteiger partial charge >= 0.3 is 23.5 Å². The number of carbonyl (C=O) groups excluding carboxylic acids is 1. The van der Waals surface area contributed by atoms with E-state index in [9.17, 15) is 23.4 Å². The van der Waals surface area contributed by atoms with Gasteiger partial charge in [-0.1, -0.05) is 11.8 Å². The van der Waals surface area contributed by atoms with Gasteiger partial charge in [0.05, 0.1) is 24.1 Å². The van der Waals surface area contributed by atoms with E-state index >= 15 is 0 Å². The van der Waals surface area contributed by atoms with Crippen molar-refractivity contribution in [3.63, 3.8) is 0 Å². The third kappa shape index (κ3) is 9.22. The number of hydrogen-bond acceptors (Lipinski definition) is 11. The van der Waals surface area contributed by atoms with Gasteiger partial charge in [-0.05, 0) is 0 Å². The third-order valence-corrected chi connectivity index (χ3v) is 7.08. The standard InChI is InChI=1S/C14H18N5O12P3/c1-10(20)16-4-2-3-11-7-19(14-12(11)13(15)17-8-18-14)9-28-5-6-29-33(24,25)31-34(26,27)30-32(21,22)23/h5,7-9H,4,6H2,1H3,(H,16,20)(H,24,25)(H,26,27)(H2,15,17,18)(H2,21,22,23). The summed E-state index contributed by atoms with van der Waals surface area (Å²) in [6.07, 6.45) is 2.67. The van der Waals surface area contributed by atoms with Crippen molar-refractivity contribution < 1.29 is 55.9 Å². The van der Waals surface area contributed by atoms with Crippen molar-refractivity contribution >= 4 is 46.2 Å². The Morgan fingerprint density at radius 3 is 2.56 bits per heavy atom. The molecule has 0 spiro atoms. The largest absolute Gasteiger partial charge is 0.490 e. The number of aromatic nitrogens is 3. The van der Waals surface area contributed by atoms with Gasteiger partial charge in [-0.15, -0.1) is 0 Å². The molecule has 2 unspecified atom stereocenters. The molecule has 1 amide bonds. The summed E-state index contributed by atoms with van der Waals surface area (Å²) in [4.78, 5) is 54.2. The first-order valence-electron chi connectivity index (χ1n) is 8.62. The minimum Gasteiger partial charge on any atom is -0.383 e. The average molecular weight is 541 g/mol. The van der Waals surface area contributed by atoms with Crippen LogP contribution in [-0.2, 0) is 36.4 Å². The predicted octanol–water partition coefficient (Wildman–Crippen LogP) is -0.00982. The molecule has 2 radical (unpaired) electrons. The van der Waals surface area contributed by atoms with Crippen molar-refractivity contribution in [3.8, 4) is 11.8 Å². The van der Waals surface area contributed by atoms with Crippen LogP contribution in [0.3, 0.4) is 0 Å². The van der Waals surface area contributed by atoms with E-state index in [1.54, 1.807) is 0 Å². The fraction of sp³-hybridized carbons (Fsp3) is 0.214. The molecule has 0 aliphatic rings. The molecule has 0 aromatic carbocycles. The molecule has 7 N–H and O–H groups in total. The number of rotatable bonds is 11. The van der Waals surface area contributed by atoms with E-state index in [1.165, 1.54) is 24.0 Å². The quantitative estimate of drug-likeness (QED) is 0.124. The molecule has 0 saturated carbocycles. The highest BCUT2D eigenvalue weighted by Gasteiger charge is 2.40. The number of fused-ring (bicyclic) bond motifs is 1. The first-order valence-corrected chi connectivity index (χ1v) is 13.1. The second-order valence-electron chi connectivity index (χ2n) is 5.91. The Morgan fingerprint density at radius 1 is 1.21 bits per heavy atom. The average Bonchev–Trinajstić information content (AvgIpc) is 3.01. The number of carbonyl (C=O) groups is 1. The SMILES string of the molecule is CC(=O)NCC#Cc1cn([CH]O[CH]COP(=O)(O)OP(=O)(O)OP(=O)(O)O)c2ncnc(N)c12. The number of amides is 1. The van der Waals surface area contributed by atoms with Crippen molar-refractivity contribution in [2.24, 2.45) is 0 Å². The van der Waals surface area contributed by atoms with Gasteiger partial charge < -0.3 is 39.9 Å². The van der Waals surface area contributed by atoms with E-state index in [4.69, 9.17) is 25.2 Å². The Kier molecular flexibility index (Phi) is 9.49. The maximum atomic E-state index is 11.6. The number of nitrogens with one attached hydrogen (secondary N) is 1. The molecule has 34 heavy (non-hydrogen) atoms. The predicted molar refractivity (Wildman–Crippen MR) is 112 cm³/mol. The molecule has 0 saturated heterocycles. The second-order valence-corrected chi connectivity index (χ2v) is 10.3. The van der Waals surface area contributed by atoms with Gasteiger partial charge in [-0.2, -0.15) is 8.62 Å². The van der Waals surface area contributed by atoms with Crippen molar-refractivity contribution in [1.29, 1.82) is 0 Å². The minimum atomic E-state index is -5.62. The minimum absolute atomic E-state index is 0.0875. The smallest absolute Gasteiger partial charge is 0.383 e. The monoisotopic (exact) mass is 541 g/mol. The van der Waals surface area contributed by atoms with Crippen LogP contribution in [0.4, 0.5) is 5.82 Å². The van der Waals surface area contributed by atoms with E-state index in [1.807, 2.05) is 0 Å². The Labute approximate surface area is 191 Å². The van der Waals surface area contributed by atoms with Crippen LogP contribution in [0.1, 0.15) is 12.5 Å². The maximum absolute atomic E-state index is 11.6. The Balaban J connectivity index is 1.97. The van der Waals surface area contributed by atoms with E-state index in [-0.39, 0.29) is 23.9 Å². The molecular formula is C14H18N5O12P3. The van der Waals surface area contributed by atoms with Gasteiger partial charge in [-0.3, -0.25) is 9.32 Å². The van der Waals surface area contributed by atoms with E-state index in [2.05, 4.69) is 40.3 Å². The van der Waals surface area contributed by atoms with Gasteiger partial charge in [-0.25, -0.2) is 23.7 Å². The number of anilines is 1. The summed E-state index contributed by atoms with van der Waals surface area (Å²) >= 11 is 0. The molecule has 2 rings (SSSR count). The molecule has 0 bridgehead atoms. The van der Waals surface area contributed by atoms with Crippen molar-refractivity contribution in [2.75, 3.05) is 18.9 Å². The van der Waals surface area contributed by atoms with E-state index in [0.717, 1.165) is 13.3 Å². The summed E-state index contributed by atoms with van der Waals surface area (Å²) in [6.45, 7) is 2.56. The molecule has 17 nitrogen and oxygen atoms in total. The maximum Gasteiger partial charge on any atom is 0.490 e. The van der Waals surface area contributed by atoms with Crippen molar-refractivity contribution in [3.05, 3.63) is 31.4 Å². The zero-order valence-corrected chi connectivity index (χ0v) is 19.7. The fourth-order valence-corrected chi connectivity index (χ4v) is 5.11. The molecule has 0 aliphatic heterocycles. The van der Waals surface area contributed by atoms with Crippen LogP contribution in [0.25, 0.3) is 11.0 Å². The molecule has 0 aliphatic carbocycles. The van der Waals surface area contributed by atoms with Gasteiger partial charge in [0, 0.05) is 13.1 Å². The number of nitrogen functional groups attached to an aromatic ring is 1. The van der Waals surface area contributed by atoms with Gasteiger partial charge in [0.2, 0.25) is 5.91 Å². The Hall–Kier alpha value is -2.18. The number of phosphoric acid groups is 3. The number of phosphoric ester groups is 1. The van der Waals surface area contributed by atoms with Crippen LogP contribution in [0.15, 0.2) is 12.5 Å². The normalized spacial score (nSPS) is 15.2. The number of nitrogens with zero attached hydrogens (tertiary/aromatic N) is 3. The summed E-state index contributed by atoms with van der Waals surface area (Å²) < 4.78 is 51.3. The summed E-state index contributed by atoms with van der Waals surface area (Å²) in [5, 5.41) is 2.90. The summed E-state index contributed by atoms with van der Waals surface area (Å²) in [5.41, 5.74) is 6.57. The zero-order chi connectivity index (χ0) is 25.6. The second kappa shape index (κ2) is 11.5. The van der Waals surface area contributed by atoms with Crippen molar-refractivity contribution in [2.45, 2.75) is 6.92 Å². The van der Waals surface area contributed by atoms with Gasteiger partial charge in [0.25, 0.3) is 0 Å². The first kappa shape index (κ1) is 28.1. The lowest BCUT2D eigenvalue weighted by molar-refractivity contribution is -0.118. The molecule has 2 aromatic rings. The van der Waals surface area contributed by atoms with Crippen LogP contribution >= 0.6 is 23.5 Å². The summed E-state index contributed by atoms with van der Waals surface area (Å²) in [5.74, 6) is 5.40. The number of hydrogen-bond donors (Lipinski definition) is 6. The molecule has 0 fully saturated rings. The van der Waals surface area contributed by atoms with Crippen molar-refractivity contribution in [1.82, 2.24) is 19.9 Å². The van der Waals surface area contributed by atoms with Crippen LogP contribution in [0.5, 0.6) is 0 Å². The lowest BCUT2D eigenvalue weighted by Gasteiger charge is -2.15. The van der Waals surface area contributed by atoms with Crippen LogP contribution in [0, 0.1) is 25.2 Å². The summed E-state index contributed by atoms with van der Waals surface area (Å²) in [7, 11) is -16.4. The summed E-state index contributed by atoms with van der Waals surface area (Å²) in [6, 6.07) is 0. The third-order valence-electron chi connectivity index (χ3n) is 3.28. The van der Waals surface area contributed by atoms with Gasteiger partial charge in [0.1, 0.15) is 24.4 Å². The molecule has 2 heterocycles. The lowest BCUT2D eigenvalue weighted by Crippen LogP contribution is -2.19.